The smallest absolute Gasteiger partial charge is 0.243 e. The fourth-order valence-corrected chi connectivity index (χ4v) is 2.26. The standard InChI is InChI=1S/C12H17N5O/c1-8-3-4-11-15-12(16-17(11)7-8)14-9-5-13-6-10(9)18-2/h3-4,7,9-10,13H,5-6H2,1-2H3,(H,14,16)/t9?,10-/m0/s1. The molecule has 96 valence electrons. The lowest BCUT2D eigenvalue weighted by molar-refractivity contribution is 0.111. The Morgan fingerprint density at radius 3 is 3.17 bits per heavy atom. The van der Waals surface area contributed by atoms with Crippen molar-refractivity contribution in [2.45, 2.75) is 19.1 Å². The van der Waals surface area contributed by atoms with Crippen molar-refractivity contribution >= 4 is 11.6 Å². The fourth-order valence-electron chi connectivity index (χ4n) is 2.26. The number of hydrogen-bond acceptors (Lipinski definition) is 5. The van der Waals surface area contributed by atoms with Gasteiger partial charge in [-0.1, -0.05) is 6.07 Å². The average molecular weight is 247 g/mol. The van der Waals surface area contributed by atoms with Crippen LogP contribution in [0.2, 0.25) is 0 Å². The van der Waals surface area contributed by atoms with Gasteiger partial charge >= 0.3 is 0 Å². The number of methoxy groups -OCH3 is 1. The molecule has 2 N–H and O–H groups in total. The van der Waals surface area contributed by atoms with Gasteiger partial charge in [-0.25, -0.2) is 4.52 Å². The van der Waals surface area contributed by atoms with Gasteiger partial charge in [-0.05, 0) is 18.6 Å². The summed E-state index contributed by atoms with van der Waals surface area (Å²) in [4.78, 5) is 4.44. The second-order valence-electron chi connectivity index (χ2n) is 4.63. The highest BCUT2D eigenvalue weighted by molar-refractivity contribution is 5.44. The number of aromatic nitrogens is 3. The van der Waals surface area contributed by atoms with Crippen LogP contribution in [0.4, 0.5) is 5.95 Å². The normalized spacial score (nSPS) is 23.7. The molecular formula is C12H17N5O. The van der Waals surface area contributed by atoms with E-state index < -0.39 is 0 Å². The van der Waals surface area contributed by atoms with Gasteiger partial charge in [-0.2, -0.15) is 4.98 Å². The Morgan fingerprint density at radius 1 is 1.44 bits per heavy atom. The van der Waals surface area contributed by atoms with Crippen LogP contribution in [0, 0.1) is 6.92 Å². The van der Waals surface area contributed by atoms with E-state index in [0.717, 1.165) is 24.3 Å². The Morgan fingerprint density at radius 2 is 2.33 bits per heavy atom. The van der Waals surface area contributed by atoms with Crippen LogP contribution in [0.25, 0.3) is 5.65 Å². The summed E-state index contributed by atoms with van der Waals surface area (Å²) in [6.07, 6.45) is 2.13. The van der Waals surface area contributed by atoms with Gasteiger partial charge < -0.3 is 15.4 Å². The lowest BCUT2D eigenvalue weighted by atomic mass is 10.2. The van der Waals surface area contributed by atoms with E-state index in [9.17, 15) is 0 Å². The van der Waals surface area contributed by atoms with E-state index >= 15 is 0 Å². The quantitative estimate of drug-likeness (QED) is 0.824. The summed E-state index contributed by atoms with van der Waals surface area (Å²) in [6, 6.07) is 4.21. The molecule has 1 aliphatic rings. The van der Waals surface area contributed by atoms with Crippen LogP contribution in [0.3, 0.4) is 0 Å². The molecule has 0 bridgehead atoms. The van der Waals surface area contributed by atoms with E-state index in [1.807, 2.05) is 25.3 Å². The molecule has 0 saturated carbocycles. The molecule has 1 saturated heterocycles. The molecule has 1 aliphatic heterocycles. The molecule has 3 rings (SSSR count). The minimum atomic E-state index is 0.165. The number of aryl methyl sites for hydroxylation is 1. The zero-order valence-corrected chi connectivity index (χ0v) is 10.6. The summed E-state index contributed by atoms with van der Waals surface area (Å²) in [5, 5.41) is 11.0. The number of hydrogen-bond donors (Lipinski definition) is 2. The van der Waals surface area contributed by atoms with Crippen LogP contribution in [0.5, 0.6) is 0 Å². The maximum atomic E-state index is 5.40. The van der Waals surface area contributed by atoms with Crippen molar-refractivity contribution in [2.24, 2.45) is 0 Å². The third kappa shape index (κ3) is 2.04. The zero-order chi connectivity index (χ0) is 12.5. The van der Waals surface area contributed by atoms with Crippen molar-refractivity contribution < 1.29 is 4.74 Å². The van der Waals surface area contributed by atoms with Crippen molar-refractivity contribution in [3.05, 3.63) is 23.9 Å². The summed E-state index contributed by atoms with van der Waals surface area (Å²) in [6.45, 7) is 3.77. The maximum absolute atomic E-state index is 5.40. The number of anilines is 1. The van der Waals surface area contributed by atoms with Gasteiger partial charge in [0.15, 0.2) is 5.65 Å². The molecule has 2 aromatic heterocycles. The first-order valence-electron chi connectivity index (χ1n) is 6.09. The largest absolute Gasteiger partial charge is 0.378 e. The van der Waals surface area contributed by atoms with E-state index in [0.29, 0.717) is 5.95 Å². The topological polar surface area (TPSA) is 63.5 Å². The van der Waals surface area contributed by atoms with Crippen LogP contribution in [0.15, 0.2) is 18.3 Å². The molecule has 0 spiro atoms. The van der Waals surface area contributed by atoms with Crippen LogP contribution in [0.1, 0.15) is 5.56 Å². The predicted molar refractivity (Wildman–Crippen MR) is 68.8 cm³/mol. The molecule has 6 heteroatoms. The minimum Gasteiger partial charge on any atom is -0.378 e. The lowest BCUT2D eigenvalue weighted by Crippen LogP contribution is -2.33. The van der Waals surface area contributed by atoms with Crippen LogP contribution >= 0.6 is 0 Å². The average Bonchev–Trinajstić information content (AvgIpc) is 2.94. The first-order chi connectivity index (χ1) is 8.76. The van der Waals surface area contributed by atoms with Gasteiger partial charge in [0.25, 0.3) is 0 Å². The number of pyridine rings is 1. The van der Waals surface area contributed by atoms with E-state index in [1.54, 1.807) is 11.6 Å². The van der Waals surface area contributed by atoms with Crippen molar-refractivity contribution in [1.82, 2.24) is 19.9 Å². The number of nitrogens with zero attached hydrogens (tertiary/aromatic N) is 3. The molecule has 3 heterocycles. The summed E-state index contributed by atoms with van der Waals surface area (Å²) in [5.74, 6) is 0.649. The van der Waals surface area contributed by atoms with Gasteiger partial charge in [0.2, 0.25) is 5.95 Å². The van der Waals surface area contributed by atoms with Crippen molar-refractivity contribution in [1.29, 1.82) is 0 Å². The van der Waals surface area contributed by atoms with Gasteiger partial charge in [0.05, 0.1) is 12.1 Å². The van der Waals surface area contributed by atoms with Crippen LogP contribution in [-0.2, 0) is 4.74 Å². The molecule has 1 unspecified atom stereocenters. The number of ether oxygens (including phenoxy) is 1. The molecule has 0 radical (unpaired) electrons. The Balaban J connectivity index is 1.82. The Hall–Kier alpha value is -1.66. The van der Waals surface area contributed by atoms with E-state index in [2.05, 4.69) is 20.7 Å². The lowest BCUT2D eigenvalue weighted by Gasteiger charge is -2.17. The number of nitrogens with one attached hydrogen (secondary N) is 2. The fraction of sp³-hybridized carbons (Fsp3) is 0.500. The van der Waals surface area contributed by atoms with Gasteiger partial charge in [0.1, 0.15) is 0 Å². The number of rotatable bonds is 3. The molecule has 0 aromatic carbocycles. The van der Waals surface area contributed by atoms with E-state index in [1.165, 1.54) is 0 Å². The van der Waals surface area contributed by atoms with E-state index in [-0.39, 0.29) is 12.1 Å². The molecular weight excluding hydrogens is 230 g/mol. The van der Waals surface area contributed by atoms with Crippen LogP contribution < -0.4 is 10.6 Å². The third-order valence-corrected chi connectivity index (χ3v) is 3.25. The van der Waals surface area contributed by atoms with Gasteiger partial charge in [-0.15, -0.1) is 5.10 Å². The molecule has 0 amide bonds. The Bertz CT molecular complexity index is 552. The highest BCUT2D eigenvalue weighted by Crippen LogP contribution is 2.12. The summed E-state index contributed by atoms with van der Waals surface area (Å²) in [7, 11) is 1.73. The Labute approximate surface area is 105 Å². The van der Waals surface area contributed by atoms with Crippen molar-refractivity contribution in [3.63, 3.8) is 0 Å². The zero-order valence-electron chi connectivity index (χ0n) is 10.6. The SMILES string of the molecule is CO[C@H]1CNCC1Nc1nc2ccc(C)cn2n1. The molecule has 18 heavy (non-hydrogen) atoms. The Kier molecular flexibility index (Phi) is 2.89. The van der Waals surface area contributed by atoms with Gasteiger partial charge in [-0.3, -0.25) is 0 Å². The first-order valence-corrected chi connectivity index (χ1v) is 6.09. The summed E-state index contributed by atoms with van der Waals surface area (Å²) < 4.78 is 7.20. The van der Waals surface area contributed by atoms with E-state index in [4.69, 9.17) is 4.74 Å². The first kappa shape index (κ1) is 11.4. The van der Waals surface area contributed by atoms with Crippen LogP contribution in [-0.4, -0.2) is 46.9 Å². The van der Waals surface area contributed by atoms with Crippen molar-refractivity contribution in [3.8, 4) is 0 Å². The minimum absolute atomic E-state index is 0.165. The molecule has 1 fully saturated rings. The second-order valence-corrected chi connectivity index (χ2v) is 4.63. The summed E-state index contributed by atoms with van der Waals surface area (Å²) in [5.41, 5.74) is 2.01. The molecule has 2 aromatic rings. The second kappa shape index (κ2) is 4.55. The third-order valence-electron chi connectivity index (χ3n) is 3.25. The maximum Gasteiger partial charge on any atom is 0.243 e. The van der Waals surface area contributed by atoms with Gasteiger partial charge in [0, 0.05) is 26.4 Å². The summed E-state index contributed by atoms with van der Waals surface area (Å²) >= 11 is 0. The molecule has 2 atom stereocenters. The predicted octanol–water partition coefficient (Wildman–Crippen LogP) is 0.436. The highest BCUT2D eigenvalue weighted by Gasteiger charge is 2.27. The highest BCUT2D eigenvalue weighted by atomic mass is 16.5. The molecule has 6 nitrogen and oxygen atoms in total. The monoisotopic (exact) mass is 247 g/mol. The number of fused-ring (bicyclic) bond motifs is 1. The van der Waals surface area contributed by atoms with Crippen molar-refractivity contribution in [2.75, 3.05) is 25.5 Å². The molecule has 0 aliphatic carbocycles.